The Morgan fingerprint density at radius 3 is 1.80 bits per heavy atom. The van der Waals surface area contributed by atoms with Crippen molar-refractivity contribution in [2.24, 2.45) is 0 Å². The van der Waals surface area contributed by atoms with Crippen molar-refractivity contribution in [3.63, 3.8) is 0 Å². The predicted molar refractivity (Wildman–Crippen MR) is 191 cm³/mol. The van der Waals surface area contributed by atoms with Gasteiger partial charge >= 0.3 is 18.2 Å². The van der Waals surface area contributed by atoms with E-state index in [-0.39, 0.29) is 25.5 Å². The number of ether oxygens (including phenoxy) is 4. The van der Waals surface area contributed by atoms with E-state index in [1.54, 1.807) is 14.1 Å². The van der Waals surface area contributed by atoms with E-state index in [2.05, 4.69) is 44.7 Å². The number of anilines is 2. The molecular formula is C39H48N4O7. The molecule has 4 heterocycles. The van der Waals surface area contributed by atoms with Crippen molar-refractivity contribution in [2.45, 2.75) is 76.5 Å². The summed E-state index contributed by atoms with van der Waals surface area (Å²) in [6.07, 6.45) is 6.96. The number of amides is 2. The van der Waals surface area contributed by atoms with Crippen molar-refractivity contribution >= 4 is 29.5 Å². The van der Waals surface area contributed by atoms with E-state index >= 15 is 0 Å². The minimum Gasteiger partial charge on any atom is -0.456 e. The Kier molecular flexibility index (Phi) is 10.4. The van der Waals surface area contributed by atoms with Crippen molar-refractivity contribution in [3.8, 4) is 11.5 Å². The number of benzene rings is 3. The van der Waals surface area contributed by atoms with Crippen LogP contribution < -0.4 is 25.2 Å². The van der Waals surface area contributed by atoms with Crippen LogP contribution >= 0.6 is 0 Å². The van der Waals surface area contributed by atoms with E-state index in [9.17, 15) is 14.4 Å². The molecule has 2 fully saturated rings. The van der Waals surface area contributed by atoms with Crippen LogP contribution in [-0.2, 0) is 19.8 Å². The van der Waals surface area contributed by atoms with Gasteiger partial charge in [0.2, 0.25) is 0 Å². The van der Waals surface area contributed by atoms with Crippen LogP contribution in [0.5, 0.6) is 11.5 Å². The Labute approximate surface area is 294 Å². The molecule has 2 N–H and O–H groups in total. The fourth-order valence-electron chi connectivity index (χ4n) is 8.01. The summed E-state index contributed by atoms with van der Waals surface area (Å²) in [5.41, 5.74) is 3.80. The molecular weight excluding hydrogens is 636 g/mol. The van der Waals surface area contributed by atoms with Gasteiger partial charge in [-0.1, -0.05) is 25.6 Å². The van der Waals surface area contributed by atoms with Crippen LogP contribution in [0.3, 0.4) is 0 Å². The summed E-state index contributed by atoms with van der Waals surface area (Å²) in [4.78, 5) is 41.6. The molecule has 2 atom stereocenters. The third-order valence-electron chi connectivity index (χ3n) is 10.4. The highest BCUT2D eigenvalue weighted by Gasteiger charge is 2.53. The van der Waals surface area contributed by atoms with Gasteiger partial charge in [-0.3, -0.25) is 0 Å². The second-order valence-corrected chi connectivity index (χ2v) is 13.1. The maximum Gasteiger partial charge on any atom is 0.406 e. The molecule has 3 aromatic carbocycles. The number of carbonyl (C=O) groups excluding carboxylic acids is 3. The van der Waals surface area contributed by atoms with Crippen LogP contribution in [-0.4, -0.2) is 70.6 Å². The first-order chi connectivity index (χ1) is 23.9. The molecule has 2 unspecified atom stereocenters. The molecule has 50 heavy (non-hydrogen) atoms. The lowest BCUT2D eigenvalue weighted by Crippen LogP contribution is -2.41. The average Bonchev–Trinajstić information content (AvgIpc) is 3.43. The fraction of sp³-hybridized carbons (Fsp3) is 0.462. The Morgan fingerprint density at radius 1 is 0.760 bits per heavy atom. The summed E-state index contributed by atoms with van der Waals surface area (Å²) in [5, 5.41) is 5.03. The molecule has 2 amide bonds. The van der Waals surface area contributed by atoms with Crippen LogP contribution in [0.25, 0.3) is 0 Å². The zero-order chi connectivity index (χ0) is 34.0. The summed E-state index contributed by atoms with van der Waals surface area (Å²) in [6.45, 7) is 2.44. The molecule has 4 aliphatic rings. The molecule has 4 aliphatic heterocycles. The van der Waals surface area contributed by atoms with E-state index < -0.39 is 17.8 Å². The number of hydrogen-bond acceptors (Lipinski definition) is 9. The number of piperidine rings is 2. The third kappa shape index (κ3) is 6.41. The van der Waals surface area contributed by atoms with Gasteiger partial charge in [0.15, 0.2) is 5.60 Å². The lowest BCUT2D eigenvalue weighted by atomic mass is 9.77. The molecule has 11 heteroatoms. The second kappa shape index (κ2) is 14.9. The van der Waals surface area contributed by atoms with Crippen LogP contribution in [0.4, 0.5) is 21.0 Å². The standard InChI is InChI=1S/C38H44N4O7.CH4/c1-39-36(44)46-21-17-25-9-5-7-19-41(25)27-13-15-31-33(23-27)48-34-24-28(42-20-8-6-10-26(42)18-22-47-37(45)40-2)14-16-32(34)38(31)30-12-4-3-11-29(30)35(43)49-38;/h3-4,11-16,23-26H,5-10,17-22H2,1-2H3,(H,39,44)(H,40,45);1H4. The summed E-state index contributed by atoms with van der Waals surface area (Å²) in [6, 6.07) is 20.4. The van der Waals surface area contributed by atoms with Crippen LogP contribution in [0.15, 0.2) is 60.7 Å². The van der Waals surface area contributed by atoms with Gasteiger partial charge in [-0.2, -0.15) is 0 Å². The molecule has 7 rings (SSSR count). The summed E-state index contributed by atoms with van der Waals surface area (Å²) in [7, 11) is 3.12. The largest absolute Gasteiger partial charge is 0.456 e. The molecule has 266 valence electrons. The van der Waals surface area contributed by atoms with Crippen molar-refractivity contribution in [1.82, 2.24) is 10.6 Å². The lowest BCUT2D eigenvalue weighted by molar-refractivity contribution is 0.0224. The molecule has 2 saturated heterocycles. The van der Waals surface area contributed by atoms with Gasteiger partial charge in [0, 0.05) is 92.3 Å². The van der Waals surface area contributed by atoms with E-state index in [0.717, 1.165) is 92.5 Å². The molecule has 0 bridgehead atoms. The van der Waals surface area contributed by atoms with Gasteiger partial charge in [0.25, 0.3) is 0 Å². The maximum absolute atomic E-state index is 13.5. The van der Waals surface area contributed by atoms with Crippen molar-refractivity contribution < 1.29 is 33.3 Å². The number of nitrogens with zero attached hydrogens (tertiary/aromatic N) is 2. The first kappa shape index (κ1) is 34.9. The van der Waals surface area contributed by atoms with E-state index in [1.165, 1.54) is 0 Å². The van der Waals surface area contributed by atoms with Gasteiger partial charge in [0.05, 0.1) is 18.8 Å². The minimum absolute atomic E-state index is 0. The highest BCUT2D eigenvalue weighted by atomic mass is 16.6. The van der Waals surface area contributed by atoms with E-state index in [1.807, 2.05) is 36.4 Å². The van der Waals surface area contributed by atoms with Crippen molar-refractivity contribution in [2.75, 3.05) is 50.2 Å². The molecule has 3 aromatic rings. The zero-order valence-electron chi connectivity index (χ0n) is 28.2. The molecule has 0 aliphatic carbocycles. The number of carbonyl (C=O) groups is 3. The van der Waals surface area contributed by atoms with Crippen molar-refractivity contribution in [3.05, 3.63) is 82.9 Å². The number of fused-ring (bicyclic) bond motifs is 6. The molecule has 0 radical (unpaired) electrons. The van der Waals surface area contributed by atoms with Crippen LogP contribution in [0.1, 0.15) is 85.8 Å². The number of hydrogen-bond donors (Lipinski definition) is 2. The highest BCUT2D eigenvalue weighted by molar-refractivity contribution is 5.97. The smallest absolute Gasteiger partial charge is 0.406 e. The highest BCUT2D eigenvalue weighted by Crippen LogP contribution is 2.57. The Balaban J connectivity index is 0.00000432. The number of alkyl carbamates (subject to hydrolysis) is 2. The Morgan fingerprint density at radius 2 is 1.28 bits per heavy atom. The first-order valence-corrected chi connectivity index (χ1v) is 17.4. The van der Waals surface area contributed by atoms with Gasteiger partial charge < -0.3 is 39.4 Å². The Bertz CT molecular complexity index is 1640. The third-order valence-corrected chi connectivity index (χ3v) is 10.4. The van der Waals surface area contributed by atoms with Crippen LogP contribution in [0.2, 0.25) is 0 Å². The zero-order valence-corrected chi connectivity index (χ0v) is 28.2. The maximum atomic E-state index is 13.5. The quantitative estimate of drug-likeness (QED) is 0.189. The molecule has 0 saturated carbocycles. The number of esters is 1. The minimum atomic E-state index is -1.15. The topological polar surface area (TPSA) is 119 Å². The number of rotatable bonds is 8. The summed E-state index contributed by atoms with van der Waals surface area (Å²) in [5.74, 6) is 0.931. The normalized spacial score (nSPS) is 21.8. The van der Waals surface area contributed by atoms with E-state index in [0.29, 0.717) is 30.3 Å². The molecule has 1 spiro atoms. The summed E-state index contributed by atoms with van der Waals surface area (Å²) < 4.78 is 23.9. The SMILES string of the molecule is C.CNC(=O)OCCC1CCCCN1c1ccc2c(c1)Oc1cc(N3CCCCC3CCOC(=O)NC)ccc1C21OC(=O)c2ccccc21. The van der Waals surface area contributed by atoms with Crippen molar-refractivity contribution in [1.29, 1.82) is 0 Å². The summed E-state index contributed by atoms with van der Waals surface area (Å²) >= 11 is 0. The predicted octanol–water partition coefficient (Wildman–Crippen LogP) is 7.10. The van der Waals surface area contributed by atoms with Gasteiger partial charge in [0.1, 0.15) is 11.5 Å². The van der Waals surface area contributed by atoms with E-state index in [4.69, 9.17) is 18.9 Å². The average molecular weight is 685 g/mol. The number of nitrogens with one attached hydrogen (secondary N) is 2. The molecule has 11 nitrogen and oxygen atoms in total. The Hall–Kier alpha value is -4.93. The second-order valence-electron chi connectivity index (χ2n) is 13.1. The first-order valence-electron chi connectivity index (χ1n) is 17.4. The van der Waals surface area contributed by atoms with Gasteiger partial charge in [-0.15, -0.1) is 0 Å². The monoisotopic (exact) mass is 684 g/mol. The van der Waals surface area contributed by atoms with Gasteiger partial charge in [-0.05, 0) is 68.9 Å². The lowest BCUT2D eigenvalue weighted by Gasteiger charge is -2.41. The fourth-order valence-corrected chi connectivity index (χ4v) is 8.01. The van der Waals surface area contributed by atoms with Gasteiger partial charge in [-0.25, -0.2) is 14.4 Å². The van der Waals surface area contributed by atoms with Crippen LogP contribution in [0, 0.1) is 0 Å². The molecule has 0 aromatic heterocycles.